The van der Waals surface area contributed by atoms with E-state index < -0.39 is 8.32 Å². The standard InChI is InChI=1S/C12H25IO3Si/c1-12(2,3)9-17(5,6)16-10(7-8-13)11(14)15-4/h10H,7-9H2,1-6H3/t10-/m0/s1. The van der Waals surface area contributed by atoms with Crippen LogP contribution in [0.3, 0.4) is 0 Å². The summed E-state index contributed by atoms with van der Waals surface area (Å²) in [6, 6.07) is 1.04. The second-order valence-corrected chi connectivity index (χ2v) is 11.3. The Labute approximate surface area is 120 Å². The summed E-state index contributed by atoms with van der Waals surface area (Å²) >= 11 is 2.26. The Morgan fingerprint density at radius 1 is 1.35 bits per heavy atom. The van der Waals surface area contributed by atoms with Crippen LogP contribution in [0.25, 0.3) is 0 Å². The highest BCUT2D eigenvalue weighted by Gasteiger charge is 2.34. The quantitative estimate of drug-likeness (QED) is 0.309. The summed E-state index contributed by atoms with van der Waals surface area (Å²) in [5.74, 6) is -0.240. The van der Waals surface area contributed by atoms with E-state index in [1.165, 1.54) is 7.11 Å². The molecule has 0 saturated carbocycles. The van der Waals surface area contributed by atoms with Gasteiger partial charge in [0.15, 0.2) is 8.32 Å². The summed E-state index contributed by atoms with van der Waals surface area (Å²) in [6.45, 7) is 11.0. The number of halogens is 1. The Bertz CT molecular complexity index is 249. The number of hydrogen-bond donors (Lipinski definition) is 0. The molecule has 102 valence electrons. The van der Waals surface area contributed by atoms with Crippen LogP contribution in [0.1, 0.15) is 27.2 Å². The molecule has 3 nitrogen and oxygen atoms in total. The molecule has 0 spiro atoms. The molecule has 0 rings (SSSR count). The lowest BCUT2D eigenvalue weighted by Crippen LogP contribution is -2.42. The Kier molecular flexibility index (Phi) is 7.24. The van der Waals surface area contributed by atoms with E-state index in [0.717, 1.165) is 16.9 Å². The molecule has 0 aromatic carbocycles. The van der Waals surface area contributed by atoms with Crippen LogP contribution in [0.5, 0.6) is 0 Å². The van der Waals surface area contributed by atoms with Crippen molar-refractivity contribution in [2.75, 3.05) is 11.5 Å². The number of hydrogen-bond acceptors (Lipinski definition) is 3. The van der Waals surface area contributed by atoms with E-state index in [2.05, 4.69) is 56.5 Å². The highest BCUT2D eigenvalue weighted by atomic mass is 127. The molecule has 0 aliphatic carbocycles. The van der Waals surface area contributed by atoms with Crippen molar-refractivity contribution >= 4 is 36.9 Å². The highest BCUT2D eigenvalue weighted by Crippen LogP contribution is 2.29. The van der Waals surface area contributed by atoms with Crippen molar-refractivity contribution < 1.29 is 14.0 Å². The molecule has 0 aliphatic heterocycles. The smallest absolute Gasteiger partial charge is 0.333 e. The summed E-state index contributed by atoms with van der Waals surface area (Å²) < 4.78 is 11.8. The topological polar surface area (TPSA) is 35.5 Å². The lowest BCUT2D eigenvalue weighted by atomic mass is 10.0. The summed E-state index contributed by atoms with van der Waals surface area (Å²) in [7, 11) is -0.401. The van der Waals surface area contributed by atoms with Gasteiger partial charge in [-0.3, -0.25) is 0 Å². The van der Waals surface area contributed by atoms with Crippen molar-refractivity contribution in [1.29, 1.82) is 0 Å². The first-order valence-electron chi connectivity index (χ1n) is 5.93. The van der Waals surface area contributed by atoms with Crippen molar-refractivity contribution in [1.82, 2.24) is 0 Å². The Morgan fingerprint density at radius 2 is 1.88 bits per heavy atom. The molecule has 5 heteroatoms. The second-order valence-electron chi connectivity index (χ2n) is 6.10. The largest absolute Gasteiger partial charge is 0.467 e. The fourth-order valence-corrected chi connectivity index (χ4v) is 6.35. The van der Waals surface area contributed by atoms with Gasteiger partial charge >= 0.3 is 5.97 Å². The van der Waals surface area contributed by atoms with Crippen molar-refractivity contribution in [3.8, 4) is 0 Å². The zero-order valence-electron chi connectivity index (χ0n) is 11.8. The SMILES string of the molecule is COC(=O)[C@H](CCI)O[Si](C)(C)CC(C)(C)C. The maximum absolute atomic E-state index is 11.6. The van der Waals surface area contributed by atoms with Crippen LogP contribution < -0.4 is 0 Å². The third kappa shape index (κ3) is 8.15. The molecule has 0 saturated heterocycles. The Balaban J connectivity index is 4.57. The molecule has 0 amide bonds. The van der Waals surface area contributed by atoms with E-state index in [1.54, 1.807) is 0 Å². The van der Waals surface area contributed by atoms with E-state index in [9.17, 15) is 4.79 Å². The Hall–Kier alpha value is 0.377. The van der Waals surface area contributed by atoms with Gasteiger partial charge in [0.2, 0.25) is 0 Å². The number of methoxy groups -OCH3 is 1. The van der Waals surface area contributed by atoms with Crippen molar-refractivity contribution in [3.63, 3.8) is 0 Å². The first-order chi connectivity index (χ1) is 7.61. The average Bonchev–Trinajstić information content (AvgIpc) is 2.11. The first-order valence-corrected chi connectivity index (χ1v) is 10.6. The van der Waals surface area contributed by atoms with E-state index in [0.29, 0.717) is 0 Å². The minimum Gasteiger partial charge on any atom is -0.467 e. The molecular formula is C12H25IO3Si. The molecule has 0 heterocycles. The fraction of sp³-hybridized carbons (Fsp3) is 0.917. The van der Waals surface area contributed by atoms with Crippen LogP contribution in [-0.2, 0) is 14.0 Å². The summed E-state index contributed by atoms with van der Waals surface area (Å²) in [4.78, 5) is 11.6. The number of rotatable bonds is 6. The first kappa shape index (κ1) is 17.4. The molecule has 0 unspecified atom stereocenters. The van der Waals surface area contributed by atoms with Gasteiger partial charge in [-0.15, -0.1) is 0 Å². The van der Waals surface area contributed by atoms with Crippen LogP contribution in [0.2, 0.25) is 19.1 Å². The van der Waals surface area contributed by atoms with Crippen molar-refractivity contribution in [2.24, 2.45) is 5.41 Å². The number of alkyl halides is 1. The van der Waals surface area contributed by atoms with E-state index >= 15 is 0 Å². The van der Waals surface area contributed by atoms with Crippen LogP contribution in [-0.4, -0.2) is 31.9 Å². The van der Waals surface area contributed by atoms with Gasteiger partial charge in [0.25, 0.3) is 0 Å². The van der Waals surface area contributed by atoms with Gasteiger partial charge in [-0.05, 0) is 31.0 Å². The third-order valence-corrected chi connectivity index (χ3v) is 5.71. The number of esters is 1. The van der Waals surface area contributed by atoms with Crippen LogP contribution in [0.15, 0.2) is 0 Å². The van der Waals surface area contributed by atoms with Gasteiger partial charge in [0.05, 0.1) is 7.11 Å². The average molecular weight is 372 g/mol. The third-order valence-electron chi connectivity index (χ3n) is 2.25. The molecular weight excluding hydrogens is 347 g/mol. The maximum Gasteiger partial charge on any atom is 0.333 e. The molecule has 17 heavy (non-hydrogen) atoms. The van der Waals surface area contributed by atoms with Crippen LogP contribution in [0.4, 0.5) is 0 Å². The summed E-state index contributed by atoms with van der Waals surface area (Å²) in [5, 5.41) is 0. The van der Waals surface area contributed by atoms with Crippen molar-refractivity contribution in [2.45, 2.75) is 52.4 Å². The predicted molar refractivity (Wildman–Crippen MR) is 82.1 cm³/mol. The number of carbonyl (C=O) groups is 1. The molecule has 0 aliphatic rings. The molecule has 0 aromatic heterocycles. The molecule has 0 radical (unpaired) electrons. The van der Waals surface area contributed by atoms with E-state index in [4.69, 9.17) is 9.16 Å². The Morgan fingerprint density at radius 3 is 2.24 bits per heavy atom. The second kappa shape index (κ2) is 7.09. The number of ether oxygens (including phenoxy) is 1. The van der Waals surface area contributed by atoms with Gasteiger partial charge in [-0.25, -0.2) is 4.79 Å². The molecule has 0 aromatic rings. The molecule has 0 N–H and O–H groups in total. The maximum atomic E-state index is 11.6. The molecule has 0 bridgehead atoms. The van der Waals surface area contributed by atoms with Crippen LogP contribution in [0, 0.1) is 5.41 Å². The predicted octanol–water partition coefficient (Wildman–Crippen LogP) is 3.62. The monoisotopic (exact) mass is 372 g/mol. The zero-order chi connectivity index (χ0) is 13.7. The van der Waals surface area contributed by atoms with Gasteiger partial charge in [0, 0.05) is 4.43 Å². The van der Waals surface area contributed by atoms with E-state index in [-0.39, 0.29) is 17.5 Å². The van der Waals surface area contributed by atoms with Gasteiger partial charge in [-0.2, -0.15) is 0 Å². The van der Waals surface area contributed by atoms with Crippen molar-refractivity contribution in [3.05, 3.63) is 0 Å². The molecule has 0 fully saturated rings. The normalized spacial score (nSPS) is 14.5. The summed E-state index contributed by atoms with van der Waals surface area (Å²) in [6.07, 6.45) is 0.342. The minimum absolute atomic E-state index is 0.237. The van der Waals surface area contributed by atoms with Gasteiger partial charge < -0.3 is 9.16 Å². The minimum atomic E-state index is -1.82. The van der Waals surface area contributed by atoms with Gasteiger partial charge in [0.1, 0.15) is 6.10 Å². The van der Waals surface area contributed by atoms with Gasteiger partial charge in [-0.1, -0.05) is 43.4 Å². The lowest BCUT2D eigenvalue weighted by Gasteiger charge is -2.33. The van der Waals surface area contributed by atoms with E-state index in [1.807, 2.05) is 0 Å². The zero-order valence-corrected chi connectivity index (χ0v) is 15.0. The highest BCUT2D eigenvalue weighted by molar-refractivity contribution is 14.1. The number of carbonyl (C=O) groups excluding carboxylic acids is 1. The summed E-state index contributed by atoms with van der Waals surface area (Å²) in [5.41, 5.74) is 0.237. The molecule has 1 atom stereocenters. The van der Waals surface area contributed by atoms with Crippen LogP contribution >= 0.6 is 22.6 Å². The fourth-order valence-electron chi connectivity index (χ4n) is 2.16. The lowest BCUT2D eigenvalue weighted by molar-refractivity contribution is -0.149.